The molecular formula is C7H13NO. The van der Waals surface area contributed by atoms with Gasteiger partial charge in [-0.2, -0.15) is 0 Å². The van der Waals surface area contributed by atoms with Gasteiger partial charge in [-0.1, -0.05) is 0 Å². The minimum absolute atomic E-state index is 0.128. The van der Waals surface area contributed by atoms with Gasteiger partial charge in [-0.05, 0) is 33.6 Å². The van der Waals surface area contributed by atoms with E-state index in [2.05, 4.69) is 25.8 Å². The van der Waals surface area contributed by atoms with E-state index in [9.17, 15) is 0 Å². The summed E-state index contributed by atoms with van der Waals surface area (Å²) in [5, 5.41) is 2.11. The molecule has 2 aliphatic rings. The Balaban J connectivity index is 2.21. The average molecular weight is 127 g/mol. The molecule has 0 aromatic carbocycles. The minimum Gasteiger partial charge on any atom is -0.271 e. The van der Waals surface area contributed by atoms with Gasteiger partial charge in [0.15, 0.2) is 5.72 Å². The number of hydroxylamine groups is 2. The summed E-state index contributed by atoms with van der Waals surface area (Å²) in [5.41, 5.74) is 0.429. The molecule has 2 rings (SSSR count). The van der Waals surface area contributed by atoms with Crippen LogP contribution in [0.15, 0.2) is 0 Å². The van der Waals surface area contributed by atoms with Gasteiger partial charge in [0.25, 0.3) is 0 Å². The second-order valence-electron chi connectivity index (χ2n) is 3.87. The summed E-state index contributed by atoms with van der Waals surface area (Å²) in [6.07, 6.45) is 2.46. The Bertz CT molecular complexity index is 155. The highest BCUT2D eigenvalue weighted by atomic mass is 16.9. The lowest BCUT2D eigenvalue weighted by Gasteiger charge is -2.17. The van der Waals surface area contributed by atoms with Crippen molar-refractivity contribution in [3.8, 4) is 0 Å². The van der Waals surface area contributed by atoms with Gasteiger partial charge in [0, 0.05) is 5.54 Å². The third-order valence-electron chi connectivity index (χ3n) is 2.44. The van der Waals surface area contributed by atoms with Crippen LogP contribution >= 0.6 is 0 Å². The van der Waals surface area contributed by atoms with E-state index < -0.39 is 0 Å². The highest BCUT2D eigenvalue weighted by molar-refractivity contribution is 5.01. The third-order valence-corrected chi connectivity index (χ3v) is 2.44. The van der Waals surface area contributed by atoms with Crippen molar-refractivity contribution >= 4 is 0 Å². The molecule has 0 aliphatic carbocycles. The summed E-state index contributed by atoms with van der Waals surface area (Å²) in [7, 11) is 0. The van der Waals surface area contributed by atoms with E-state index in [0.29, 0.717) is 5.54 Å². The topological polar surface area (TPSA) is 15.5 Å². The first-order valence-electron chi connectivity index (χ1n) is 3.54. The van der Waals surface area contributed by atoms with Crippen LogP contribution in [-0.2, 0) is 4.84 Å². The quantitative estimate of drug-likeness (QED) is 0.458. The molecule has 9 heavy (non-hydrogen) atoms. The van der Waals surface area contributed by atoms with Gasteiger partial charge in [-0.15, -0.1) is 5.06 Å². The van der Waals surface area contributed by atoms with Gasteiger partial charge in [0.05, 0.1) is 0 Å². The van der Waals surface area contributed by atoms with Crippen molar-refractivity contribution in [3.63, 3.8) is 0 Å². The Morgan fingerprint density at radius 3 is 2.00 bits per heavy atom. The highest BCUT2D eigenvalue weighted by Crippen LogP contribution is 2.53. The molecule has 52 valence electrons. The molecule has 2 atom stereocenters. The Morgan fingerprint density at radius 1 is 1.22 bits per heavy atom. The zero-order chi connectivity index (χ0) is 6.70. The molecule has 0 spiro atoms. The number of nitrogens with zero attached hydrogens (tertiary/aromatic N) is 1. The number of fused-ring (bicyclic) bond motifs is 1. The van der Waals surface area contributed by atoms with Crippen molar-refractivity contribution in [2.75, 3.05) is 0 Å². The predicted molar refractivity (Wildman–Crippen MR) is 34.6 cm³/mol. The highest BCUT2D eigenvalue weighted by Gasteiger charge is 2.62. The van der Waals surface area contributed by atoms with E-state index in [-0.39, 0.29) is 5.72 Å². The SMILES string of the molecule is CC1(C)CCC2(C)ON12. The van der Waals surface area contributed by atoms with Gasteiger partial charge in [0.1, 0.15) is 0 Å². The van der Waals surface area contributed by atoms with E-state index in [1.807, 2.05) is 0 Å². The van der Waals surface area contributed by atoms with Gasteiger partial charge in [-0.3, -0.25) is 4.84 Å². The van der Waals surface area contributed by atoms with Gasteiger partial charge >= 0.3 is 0 Å². The van der Waals surface area contributed by atoms with E-state index in [1.54, 1.807) is 0 Å². The first kappa shape index (κ1) is 5.69. The Morgan fingerprint density at radius 2 is 1.89 bits per heavy atom. The molecule has 0 aromatic rings. The molecule has 0 N–H and O–H groups in total. The van der Waals surface area contributed by atoms with Crippen molar-refractivity contribution in [1.29, 1.82) is 0 Å². The van der Waals surface area contributed by atoms with Crippen molar-refractivity contribution in [1.82, 2.24) is 5.06 Å². The molecule has 2 heterocycles. The first-order valence-corrected chi connectivity index (χ1v) is 3.54. The summed E-state index contributed by atoms with van der Waals surface area (Å²) >= 11 is 0. The van der Waals surface area contributed by atoms with Gasteiger partial charge < -0.3 is 0 Å². The molecule has 2 fully saturated rings. The van der Waals surface area contributed by atoms with E-state index >= 15 is 0 Å². The molecule has 0 radical (unpaired) electrons. The summed E-state index contributed by atoms with van der Waals surface area (Å²) in [6.45, 7) is 6.61. The van der Waals surface area contributed by atoms with Crippen molar-refractivity contribution in [2.45, 2.75) is 44.9 Å². The van der Waals surface area contributed by atoms with Crippen LogP contribution < -0.4 is 0 Å². The number of hydrogen-bond donors (Lipinski definition) is 0. The fraction of sp³-hybridized carbons (Fsp3) is 1.00. The van der Waals surface area contributed by atoms with Crippen molar-refractivity contribution in [3.05, 3.63) is 0 Å². The normalized spacial score (nSPS) is 53.0. The van der Waals surface area contributed by atoms with E-state index in [1.165, 1.54) is 12.8 Å². The zero-order valence-corrected chi connectivity index (χ0v) is 6.27. The van der Waals surface area contributed by atoms with Gasteiger partial charge in [0.2, 0.25) is 0 Å². The molecule has 2 unspecified atom stereocenters. The smallest absolute Gasteiger partial charge is 0.162 e. The lowest BCUT2D eigenvalue weighted by atomic mass is 10.0. The molecule has 0 amide bonds. The third kappa shape index (κ3) is 0.578. The lowest BCUT2D eigenvalue weighted by Crippen LogP contribution is -2.26. The minimum atomic E-state index is 0.128. The van der Waals surface area contributed by atoms with Crippen molar-refractivity contribution < 1.29 is 4.84 Å². The van der Waals surface area contributed by atoms with Crippen LogP contribution in [0.3, 0.4) is 0 Å². The summed E-state index contributed by atoms with van der Waals surface area (Å²) in [4.78, 5) is 5.39. The van der Waals surface area contributed by atoms with Crippen LogP contribution in [0.25, 0.3) is 0 Å². The van der Waals surface area contributed by atoms with Crippen molar-refractivity contribution in [2.24, 2.45) is 0 Å². The summed E-state index contributed by atoms with van der Waals surface area (Å²) in [6, 6.07) is 0. The molecule has 0 bridgehead atoms. The number of hydrogen-bond acceptors (Lipinski definition) is 2. The van der Waals surface area contributed by atoms with Crippen LogP contribution in [0.5, 0.6) is 0 Å². The van der Waals surface area contributed by atoms with Crippen LogP contribution in [0, 0.1) is 0 Å². The second kappa shape index (κ2) is 1.18. The number of rotatable bonds is 0. The average Bonchev–Trinajstić information content (AvgIpc) is 2.35. The van der Waals surface area contributed by atoms with Crippen LogP contribution in [0.4, 0.5) is 0 Å². The molecule has 0 aromatic heterocycles. The fourth-order valence-electron chi connectivity index (χ4n) is 1.73. The first-order chi connectivity index (χ1) is 4.05. The monoisotopic (exact) mass is 127 g/mol. The second-order valence-corrected chi connectivity index (χ2v) is 3.87. The van der Waals surface area contributed by atoms with Crippen LogP contribution in [0.2, 0.25) is 0 Å². The largest absolute Gasteiger partial charge is 0.271 e. The van der Waals surface area contributed by atoms with Crippen LogP contribution in [-0.4, -0.2) is 16.3 Å². The Labute approximate surface area is 55.7 Å². The Hall–Kier alpha value is -0.0800. The van der Waals surface area contributed by atoms with Crippen LogP contribution in [0.1, 0.15) is 33.6 Å². The van der Waals surface area contributed by atoms with E-state index in [4.69, 9.17) is 4.84 Å². The maximum atomic E-state index is 5.39. The maximum Gasteiger partial charge on any atom is 0.162 e. The standard InChI is InChI=1S/C7H13NO/c1-6(2)4-5-7(3)8(6)9-7/h4-5H2,1-3H3. The molecule has 2 aliphatic heterocycles. The van der Waals surface area contributed by atoms with E-state index in [0.717, 1.165) is 0 Å². The lowest BCUT2D eigenvalue weighted by molar-refractivity contribution is 0.0750. The predicted octanol–water partition coefficient (Wildman–Crippen LogP) is 1.52. The molecule has 2 saturated heterocycles. The Kier molecular flexibility index (Phi) is 0.746. The maximum absolute atomic E-state index is 5.39. The summed E-state index contributed by atoms with van der Waals surface area (Å²) < 4.78 is 0. The molecule has 2 nitrogen and oxygen atoms in total. The van der Waals surface area contributed by atoms with Gasteiger partial charge in [-0.25, -0.2) is 0 Å². The summed E-state index contributed by atoms with van der Waals surface area (Å²) in [5.74, 6) is 0. The fourth-order valence-corrected chi connectivity index (χ4v) is 1.73. The molecular weight excluding hydrogens is 114 g/mol. The zero-order valence-electron chi connectivity index (χ0n) is 6.27. The molecule has 0 saturated carbocycles. The molecule has 2 heteroatoms.